The topological polar surface area (TPSA) is 49.4 Å². The Morgan fingerprint density at radius 3 is 2.47 bits per heavy atom. The zero-order valence-corrected chi connectivity index (χ0v) is 12.4. The minimum absolute atomic E-state index is 0.382. The maximum Gasteiger partial charge on any atom is 0.245 e. The summed E-state index contributed by atoms with van der Waals surface area (Å²) in [4.78, 5) is 0.382. The van der Waals surface area contributed by atoms with E-state index in [4.69, 9.17) is 0 Å². The van der Waals surface area contributed by atoms with Gasteiger partial charge in [-0.25, -0.2) is 8.42 Å². The number of piperidine rings is 1. The van der Waals surface area contributed by atoms with Crippen molar-refractivity contribution in [3.63, 3.8) is 0 Å². The molecule has 1 aromatic carbocycles. The summed E-state index contributed by atoms with van der Waals surface area (Å²) in [6.07, 6.45) is 3.08. The summed E-state index contributed by atoms with van der Waals surface area (Å²) in [6, 6.07) is 7.08. The first-order chi connectivity index (χ1) is 9.09. The molecule has 5 heteroatoms. The average molecular weight is 282 g/mol. The quantitative estimate of drug-likeness (QED) is 0.923. The SMILES string of the molecule is CCC1CCN(S(=O)(=O)c2ccccc2NC)CC1. The van der Waals surface area contributed by atoms with E-state index in [9.17, 15) is 8.42 Å². The summed E-state index contributed by atoms with van der Waals surface area (Å²) >= 11 is 0. The van der Waals surface area contributed by atoms with E-state index in [1.807, 2.05) is 6.07 Å². The van der Waals surface area contributed by atoms with Crippen molar-refractivity contribution in [2.45, 2.75) is 31.1 Å². The lowest BCUT2D eigenvalue weighted by atomic mass is 9.96. The van der Waals surface area contributed by atoms with E-state index in [1.54, 1.807) is 29.6 Å². The lowest BCUT2D eigenvalue weighted by Gasteiger charge is -2.31. The third kappa shape index (κ3) is 2.92. The van der Waals surface area contributed by atoms with Gasteiger partial charge in [0.1, 0.15) is 4.90 Å². The predicted molar refractivity (Wildman–Crippen MR) is 77.8 cm³/mol. The molecule has 0 bridgehead atoms. The van der Waals surface area contributed by atoms with Gasteiger partial charge < -0.3 is 5.32 Å². The summed E-state index contributed by atoms with van der Waals surface area (Å²) in [6.45, 7) is 3.45. The molecule has 1 N–H and O–H groups in total. The summed E-state index contributed by atoms with van der Waals surface area (Å²) < 4.78 is 26.9. The number of nitrogens with zero attached hydrogens (tertiary/aromatic N) is 1. The maximum atomic E-state index is 12.6. The van der Waals surface area contributed by atoms with Gasteiger partial charge in [-0.05, 0) is 30.9 Å². The van der Waals surface area contributed by atoms with E-state index < -0.39 is 10.0 Å². The van der Waals surface area contributed by atoms with Crippen molar-refractivity contribution < 1.29 is 8.42 Å². The molecular formula is C14H22N2O2S. The van der Waals surface area contributed by atoms with E-state index in [0.29, 0.717) is 29.6 Å². The van der Waals surface area contributed by atoms with Crippen LogP contribution in [-0.2, 0) is 10.0 Å². The molecule has 4 nitrogen and oxygen atoms in total. The second-order valence-electron chi connectivity index (χ2n) is 5.00. The average Bonchev–Trinajstić information content (AvgIpc) is 2.47. The highest BCUT2D eigenvalue weighted by Gasteiger charge is 2.30. The molecule has 1 aromatic rings. The molecule has 0 atom stereocenters. The lowest BCUT2D eigenvalue weighted by Crippen LogP contribution is -2.38. The van der Waals surface area contributed by atoms with Crippen molar-refractivity contribution in [1.82, 2.24) is 4.31 Å². The number of nitrogens with one attached hydrogen (secondary N) is 1. The van der Waals surface area contributed by atoms with E-state index in [1.165, 1.54) is 0 Å². The van der Waals surface area contributed by atoms with E-state index in [-0.39, 0.29) is 0 Å². The van der Waals surface area contributed by atoms with Crippen molar-refractivity contribution in [1.29, 1.82) is 0 Å². The van der Waals surface area contributed by atoms with Crippen molar-refractivity contribution in [2.75, 3.05) is 25.5 Å². The van der Waals surface area contributed by atoms with Crippen LogP contribution in [0.5, 0.6) is 0 Å². The third-order valence-corrected chi connectivity index (χ3v) is 5.88. The number of anilines is 1. The molecule has 0 saturated carbocycles. The minimum atomic E-state index is -3.37. The molecule has 0 aromatic heterocycles. The van der Waals surface area contributed by atoms with Crippen molar-refractivity contribution in [3.8, 4) is 0 Å². The number of hydrogen-bond acceptors (Lipinski definition) is 3. The van der Waals surface area contributed by atoms with Gasteiger partial charge in [0.2, 0.25) is 10.0 Å². The van der Waals surface area contributed by atoms with Gasteiger partial charge in [0.05, 0.1) is 5.69 Å². The summed E-state index contributed by atoms with van der Waals surface area (Å²) in [7, 11) is -1.62. The van der Waals surface area contributed by atoms with Crippen molar-refractivity contribution >= 4 is 15.7 Å². The number of sulfonamides is 1. The maximum absolute atomic E-state index is 12.6. The van der Waals surface area contributed by atoms with E-state index >= 15 is 0 Å². The molecule has 1 heterocycles. The van der Waals surface area contributed by atoms with Crippen LogP contribution in [0.4, 0.5) is 5.69 Å². The standard InChI is InChI=1S/C14H22N2O2S/c1-3-12-8-10-16(11-9-12)19(17,18)14-7-5-4-6-13(14)15-2/h4-7,12,15H,3,8-11H2,1-2H3. The lowest BCUT2D eigenvalue weighted by molar-refractivity contribution is 0.269. The monoisotopic (exact) mass is 282 g/mol. The first kappa shape index (κ1) is 14.3. The molecular weight excluding hydrogens is 260 g/mol. The van der Waals surface area contributed by atoms with Crippen LogP contribution in [0.15, 0.2) is 29.2 Å². The Bertz CT molecular complexity index is 520. The van der Waals surface area contributed by atoms with Crippen LogP contribution in [0.25, 0.3) is 0 Å². The zero-order valence-electron chi connectivity index (χ0n) is 11.6. The summed E-state index contributed by atoms with van der Waals surface area (Å²) in [5, 5.41) is 2.95. The number of benzene rings is 1. The van der Waals surface area contributed by atoms with Crippen LogP contribution >= 0.6 is 0 Å². The first-order valence-corrected chi connectivity index (χ1v) is 8.30. The van der Waals surface area contributed by atoms with Gasteiger partial charge in [-0.3, -0.25) is 0 Å². The number of rotatable bonds is 4. The van der Waals surface area contributed by atoms with Crippen molar-refractivity contribution in [2.24, 2.45) is 5.92 Å². The highest BCUT2D eigenvalue weighted by Crippen LogP contribution is 2.28. The Morgan fingerprint density at radius 1 is 1.26 bits per heavy atom. The van der Waals surface area contributed by atoms with Crippen LogP contribution in [0.2, 0.25) is 0 Å². The van der Waals surface area contributed by atoms with Crippen LogP contribution in [-0.4, -0.2) is 32.9 Å². The summed E-state index contributed by atoms with van der Waals surface area (Å²) in [5.41, 5.74) is 0.667. The van der Waals surface area contributed by atoms with Crippen molar-refractivity contribution in [3.05, 3.63) is 24.3 Å². The van der Waals surface area contributed by atoms with Gasteiger partial charge in [0.25, 0.3) is 0 Å². The van der Waals surface area contributed by atoms with Crippen LogP contribution in [0, 0.1) is 5.92 Å². The normalized spacial score (nSPS) is 18.4. The first-order valence-electron chi connectivity index (χ1n) is 6.86. The fourth-order valence-corrected chi connectivity index (χ4v) is 4.26. The predicted octanol–water partition coefficient (Wildman–Crippen LogP) is 2.54. The Morgan fingerprint density at radius 2 is 1.89 bits per heavy atom. The molecule has 0 unspecified atom stereocenters. The molecule has 1 saturated heterocycles. The van der Waals surface area contributed by atoms with Crippen LogP contribution < -0.4 is 5.32 Å². The molecule has 0 radical (unpaired) electrons. The Balaban J connectivity index is 2.23. The van der Waals surface area contributed by atoms with Gasteiger partial charge in [-0.15, -0.1) is 0 Å². The second-order valence-corrected chi connectivity index (χ2v) is 6.91. The number of para-hydroxylation sites is 1. The van der Waals surface area contributed by atoms with E-state index in [0.717, 1.165) is 19.3 Å². The fraction of sp³-hybridized carbons (Fsp3) is 0.571. The fourth-order valence-electron chi connectivity index (χ4n) is 2.60. The minimum Gasteiger partial charge on any atom is -0.387 e. The molecule has 0 amide bonds. The Labute approximate surface area is 115 Å². The highest BCUT2D eigenvalue weighted by molar-refractivity contribution is 7.89. The second kappa shape index (κ2) is 5.92. The highest BCUT2D eigenvalue weighted by atomic mass is 32.2. The Kier molecular flexibility index (Phi) is 4.47. The Hall–Kier alpha value is -1.07. The van der Waals surface area contributed by atoms with Gasteiger partial charge in [0, 0.05) is 20.1 Å². The van der Waals surface area contributed by atoms with Crippen LogP contribution in [0.3, 0.4) is 0 Å². The molecule has 2 rings (SSSR count). The molecule has 1 fully saturated rings. The van der Waals surface area contributed by atoms with Gasteiger partial charge in [0.15, 0.2) is 0 Å². The third-order valence-electron chi connectivity index (χ3n) is 3.93. The van der Waals surface area contributed by atoms with Gasteiger partial charge >= 0.3 is 0 Å². The largest absolute Gasteiger partial charge is 0.387 e. The summed E-state index contributed by atoms with van der Waals surface area (Å²) in [5.74, 6) is 0.672. The van der Waals surface area contributed by atoms with Crippen LogP contribution in [0.1, 0.15) is 26.2 Å². The molecule has 1 aliphatic heterocycles. The molecule has 0 spiro atoms. The van der Waals surface area contributed by atoms with Gasteiger partial charge in [-0.1, -0.05) is 25.5 Å². The van der Waals surface area contributed by atoms with E-state index in [2.05, 4.69) is 12.2 Å². The number of hydrogen-bond donors (Lipinski definition) is 1. The molecule has 19 heavy (non-hydrogen) atoms. The molecule has 1 aliphatic rings. The zero-order chi connectivity index (χ0) is 13.9. The molecule has 0 aliphatic carbocycles. The smallest absolute Gasteiger partial charge is 0.245 e. The molecule has 106 valence electrons. The van der Waals surface area contributed by atoms with Gasteiger partial charge in [-0.2, -0.15) is 4.31 Å².